The molecule has 3 N–H and O–H groups in total. The molecular formula is C14H31IN4O2. The predicted molar refractivity (Wildman–Crippen MR) is 98.4 cm³/mol. The lowest BCUT2D eigenvalue weighted by Gasteiger charge is -2.21. The lowest BCUT2D eigenvalue weighted by atomic mass is 10.1. The molecule has 6 nitrogen and oxygen atoms in total. The summed E-state index contributed by atoms with van der Waals surface area (Å²) in [6.45, 7) is 11.6. The summed E-state index contributed by atoms with van der Waals surface area (Å²) in [5, 5.41) is 9.00. The molecule has 0 unspecified atom stereocenters. The predicted octanol–water partition coefficient (Wildman–Crippen LogP) is 1.50. The quantitative estimate of drug-likeness (QED) is 0.256. The minimum atomic E-state index is -0.218. The summed E-state index contributed by atoms with van der Waals surface area (Å²) in [5.74, 6) is 0.571. The van der Waals surface area contributed by atoms with Gasteiger partial charge in [0.2, 0.25) is 5.91 Å². The number of guanidine groups is 1. The van der Waals surface area contributed by atoms with Gasteiger partial charge in [-0.25, -0.2) is 0 Å². The van der Waals surface area contributed by atoms with Crippen LogP contribution in [0.5, 0.6) is 0 Å². The van der Waals surface area contributed by atoms with Gasteiger partial charge in [0.15, 0.2) is 5.96 Å². The Kier molecular flexibility index (Phi) is 13.0. The maximum atomic E-state index is 11.7. The normalized spacial score (nSPS) is 11.9. The second-order valence-corrected chi connectivity index (χ2v) is 5.92. The molecule has 0 aromatic heterocycles. The van der Waals surface area contributed by atoms with Crippen molar-refractivity contribution in [2.75, 3.05) is 26.7 Å². The highest BCUT2D eigenvalue weighted by molar-refractivity contribution is 14.0. The van der Waals surface area contributed by atoms with E-state index in [1.807, 2.05) is 34.6 Å². The number of hydrogen-bond acceptors (Lipinski definition) is 3. The Hall–Kier alpha value is -0.570. The zero-order valence-corrected chi connectivity index (χ0v) is 16.4. The van der Waals surface area contributed by atoms with Gasteiger partial charge in [0.1, 0.15) is 0 Å². The highest BCUT2D eigenvalue weighted by Crippen LogP contribution is 1.97. The number of nitrogens with zero attached hydrogens (tertiary/aromatic N) is 1. The molecule has 0 fully saturated rings. The maximum Gasteiger partial charge on any atom is 0.239 e. The number of rotatable bonds is 7. The molecule has 1 amide bonds. The van der Waals surface area contributed by atoms with Crippen LogP contribution in [-0.2, 0) is 9.53 Å². The molecule has 0 heterocycles. The molecule has 126 valence electrons. The first-order chi connectivity index (χ1) is 9.24. The van der Waals surface area contributed by atoms with Crippen LogP contribution in [0.15, 0.2) is 4.99 Å². The van der Waals surface area contributed by atoms with Gasteiger partial charge in [-0.3, -0.25) is 9.79 Å². The molecule has 0 aliphatic heterocycles. The third-order valence-electron chi connectivity index (χ3n) is 2.22. The van der Waals surface area contributed by atoms with Crippen molar-refractivity contribution in [2.45, 2.75) is 52.7 Å². The monoisotopic (exact) mass is 414 g/mol. The van der Waals surface area contributed by atoms with Gasteiger partial charge in [-0.05, 0) is 41.0 Å². The number of carbonyl (C=O) groups is 1. The first kappa shape index (κ1) is 22.7. The molecule has 0 saturated carbocycles. The van der Waals surface area contributed by atoms with E-state index in [1.54, 1.807) is 7.05 Å². The van der Waals surface area contributed by atoms with Crippen LogP contribution >= 0.6 is 24.0 Å². The van der Waals surface area contributed by atoms with Gasteiger partial charge in [0.25, 0.3) is 0 Å². The van der Waals surface area contributed by atoms with Gasteiger partial charge in [-0.2, -0.15) is 0 Å². The first-order valence-electron chi connectivity index (χ1n) is 7.11. The smallest absolute Gasteiger partial charge is 0.239 e. The molecule has 0 spiro atoms. The van der Waals surface area contributed by atoms with Crippen molar-refractivity contribution in [2.24, 2.45) is 4.99 Å². The van der Waals surface area contributed by atoms with Crippen LogP contribution in [0.25, 0.3) is 0 Å². The van der Waals surface area contributed by atoms with Gasteiger partial charge >= 0.3 is 0 Å². The highest BCUT2D eigenvalue weighted by Gasteiger charge is 2.13. The topological polar surface area (TPSA) is 74.8 Å². The van der Waals surface area contributed by atoms with Crippen LogP contribution in [0, 0.1) is 0 Å². The number of nitrogens with one attached hydrogen (secondary N) is 3. The molecule has 0 aromatic carbocycles. The summed E-state index contributed by atoms with van der Waals surface area (Å²) < 4.78 is 5.45. The summed E-state index contributed by atoms with van der Waals surface area (Å²) in [6.07, 6.45) is 1.15. The van der Waals surface area contributed by atoms with Crippen molar-refractivity contribution in [3.05, 3.63) is 0 Å². The van der Waals surface area contributed by atoms with Crippen molar-refractivity contribution in [3.8, 4) is 0 Å². The van der Waals surface area contributed by atoms with E-state index in [4.69, 9.17) is 4.74 Å². The van der Waals surface area contributed by atoms with Crippen molar-refractivity contribution < 1.29 is 9.53 Å². The highest BCUT2D eigenvalue weighted by atomic mass is 127. The number of halogens is 1. The van der Waals surface area contributed by atoms with E-state index in [9.17, 15) is 4.79 Å². The standard InChI is InChI=1S/C14H30N4O2.HI/c1-11(2)20-9-7-8-16-13(15-6)17-10-12(19)18-14(3,4)5;/h11H,7-10H2,1-6H3,(H,18,19)(H2,15,16,17);1H. The number of hydrogen-bond donors (Lipinski definition) is 3. The molecule has 21 heavy (non-hydrogen) atoms. The average molecular weight is 414 g/mol. The third-order valence-corrected chi connectivity index (χ3v) is 2.22. The van der Waals surface area contributed by atoms with E-state index >= 15 is 0 Å². The molecule has 0 rings (SSSR count). The SMILES string of the molecule is CN=C(NCCCOC(C)C)NCC(=O)NC(C)(C)C.I. The van der Waals surface area contributed by atoms with Gasteiger partial charge in [-0.15, -0.1) is 24.0 Å². The molecule has 0 atom stereocenters. The Morgan fingerprint density at radius 1 is 1.24 bits per heavy atom. The Bertz CT molecular complexity index is 315. The molecule has 0 aliphatic carbocycles. The molecular weight excluding hydrogens is 383 g/mol. The zero-order chi connectivity index (χ0) is 15.6. The van der Waals surface area contributed by atoms with Crippen molar-refractivity contribution in [1.29, 1.82) is 0 Å². The summed E-state index contributed by atoms with van der Waals surface area (Å²) >= 11 is 0. The first-order valence-corrected chi connectivity index (χ1v) is 7.11. The molecule has 0 bridgehead atoms. The average Bonchev–Trinajstić information content (AvgIpc) is 2.30. The Morgan fingerprint density at radius 3 is 2.33 bits per heavy atom. The number of amides is 1. The van der Waals surface area contributed by atoms with Crippen LogP contribution in [0.4, 0.5) is 0 Å². The molecule has 7 heteroatoms. The van der Waals surface area contributed by atoms with Crippen molar-refractivity contribution in [3.63, 3.8) is 0 Å². The minimum Gasteiger partial charge on any atom is -0.379 e. The molecule has 0 radical (unpaired) electrons. The maximum absolute atomic E-state index is 11.7. The summed E-state index contributed by atoms with van der Waals surface area (Å²) in [7, 11) is 1.68. The lowest BCUT2D eigenvalue weighted by Crippen LogP contribution is -2.48. The van der Waals surface area contributed by atoms with E-state index in [0.717, 1.165) is 13.0 Å². The summed E-state index contributed by atoms with van der Waals surface area (Å²) in [4.78, 5) is 15.7. The van der Waals surface area contributed by atoms with Crippen LogP contribution in [0.2, 0.25) is 0 Å². The van der Waals surface area contributed by atoms with E-state index in [2.05, 4.69) is 20.9 Å². The fourth-order valence-corrected chi connectivity index (χ4v) is 1.45. The van der Waals surface area contributed by atoms with Gasteiger partial charge < -0.3 is 20.7 Å². The third kappa shape index (κ3) is 15.6. The van der Waals surface area contributed by atoms with Crippen LogP contribution in [-0.4, -0.2) is 50.3 Å². The van der Waals surface area contributed by atoms with Gasteiger partial charge in [0.05, 0.1) is 12.6 Å². The Labute approximate surface area is 145 Å². The van der Waals surface area contributed by atoms with Gasteiger partial charge in [-0.1, -0.05) is 0 Å². The number of carbonyl (C=O) groups excluding carboxylic acids is 1. The van der Waals surface area contributed by atoms with Gasteiger partial charge in [0, 0.05) is 25.7 Å². The van der Waals surface area contributed by atoms with Crippen molar-refractivity contribution >= 4 is 35.8 Å². The molecule has 0 saturated heterocycles. The second-order valence-electron chi connectivity index (χ2n) is 5.92. The minimum absolute atomic E-state index is 0. The Morgan fingerprint density at radius 2 is 1.86 bits per heavy atom. The van der Waals surface area contributed by atoms with Crippen LogP contribution in [0.1, 0.15) is 41.0 Å². The number of ether oxygens (including phenoxy) is 1. The summed E-state index contributed by atoms with van der Waals surface area (Å²) in [5.41, 5.74) is -0.218. The second kappa shape index (κ2) is 12.0. The molecule has 0 aromatic rings. The summed E-state index contributed by atoms with van der Waals surface area (Å²) in [6, 6.07) is 0. The van der Waals surface area contributed by atoms with Crippen LogP contribution in [0.3, 0.4) is 0 Å². The zero-order valence-electron chi connectivity index (χ0n) is 14.1. The molecule has 0 aliphatic rings. The van der Waals surface area contributed by atoms with E-state index in [1.165, 1.54) is 0 Å². The number of aliphatic imine (C=N–C) groups is 1. The lowest BCUT2D eigenvalue weighted by molar-refractivity contribution is -0.121. The van der Waals surface area contributed by atoms with E-state index in [0.29, 0.717) is 12.6 Å². The van der Waals surface area contributed by atoms with Crippen LogP contribution < -0.4 is 16.0 Å². The fraction of sp³-hybridized carbons (Fsp3) is 0.857. The largest absolute Gasteiger partial charge is 0.379 e. The fourth-order valence-electron chi connectivity index (χ4n) is 1.45. The van der Waals surface area contributed by atoms with Crippen molar-refractivity contribution in [1.82, 2.24) is 16.0 Å². The van der Waals surface area contributed by atoms with E-state index in [-0.39, 0.29) is 48.1 Å². The van der Waals surface area contributed by atoms with E-state index < -0.39 is 0 Å². The Balaban J connectivity index is 0.